The van der Waals surface area contributed by atoms with Crippen LogP contribution in [0.2, 0.25) is 0 Å². The SMILES string of the molecule is CCCS(=O)(=O)Nc1cccc2c(Oc3ncccc3-c3ccnc(NC4CN(C(=O)O)CCC4F)n3)c(C)ccc12. The maximum absolute atomic E-state index is 14.6. The lowest BCUT2D eigenvalue weighted by Crippen LogP contribution is -2.50. The average molecular weight is 595 g/mol. The number of benzene rings is 2. The number of carboxylic acid groups (broad SMARTS) is 1. The van der Waals surface area contributed by atoms with Crippen LogP contribution in [0.25, 0.3) is 22.0 Å². The molecule has 0 aliphatic carbocycles. The summed E-state index contributed by atoms with van der Waals surface area (Å²) in [5, 5.41) is 13.6. The third-order valence-corrected chi connectivity index (χ3v) is 8.44. The minimum absolute atomic E-state index is 0.0101. The van der Waals surface area contributed by atoms with Gasteiger partial charge in [-0.15, -0.1) is 0 Å². The third kappa shape index (κ3) is 6.35. The van der Waals surface area contributed by atoms with E-state index in [0.29, 0.717) is 39.9 Å². The lowest BCUT2D eigenvalue weighted by molar-refractivity contribution is 0.107. The molecule has 2 aromatic heterocycles. The van der Waals surface area contributed by atoms with Gasteiger partial charge in [0.25, 0.3) is 0 Å². The summed E-state index contributed by atoms with van der Waals surface area (Å²) in [5.74, 6) is 0.920. The standard InChI is InChI=1S/C29H31FN6O5S/c1-3-16-42(39,40)35-24-8-4-6-20-19(24)10-9-18(2)26(20)41-27-21(7-5-13-31-27)23-11-14-32-28(33-23)34-25-17-36(29(37)38)15-12-22(25)30/h4-11,13-14,22,25,35H,3,12,15-17H2,1-2H3,(H,37,38)(H,32,33,34). The molecule has 1 amide bonds. The number of alkyl halides is 1. The molecule has 1 aliphatic rings. The van der Waals surface area contributed by atoms with Gasteiger partial charge < -0.3 is 20.1 Å². The number of pyridine rings is 1. The Hall–Kier alpha value is -4.52. The largest absolute Gasteiger partial charge is 0.465 e. The molecular weight excluding hydrogens is 563 g/mol. The van der Waals surface area contributed by atoms with Gasteiger partial charge in [0.15, 0.2) is 0 Å². The first kappa shape index (κ1) is 29.0. The molecule has 3 heterocycles. The fourth-order valence-corrected chi connectivity index (χ4v) is 6.04. The molecule has 0 bridgehead atoms. The Bertz CT molecular complexity index is 1720. The molecule has 220 valence electrons. The van der Waals surface area contributed by atoms with E-state index in [1.54, 1.807) is 43.5 Å². The Morgan fingerprint density at radius 2 is 1.95 bits per heavy atom. The third-order valence-electron chi connectivity index (χ3n) is 6.96. The second kappa shape index (κ2) is 12.1. The highest BCUT2D eigenvalue weighted by molar-refractivity contribution is 7.92. The van der Waals surface area contributed by atoms with Crippen LogP contribution >= 0.6 is 0 Å². The van der Waals surface area contributed by atoms with Crippen LogP contribution in [0, 0.1) is 6.92 Å². The van der Waals surface area contributed by atoms with E-state index in [1.807, 2.05) is 25.1 Å². The fourth-order valence-electron chi connectivity index (χ4n) is 4.89. The number of hydrogen-bond acceptors (Lipinski definition) is 8. The minimum Gasteiger partial charge on any atom is -0.465 e. The van der Waals surface area contributed by atoms with E-state index in [-0.39, 0.29) is 37.1 Å². The molecule has 13 heteroatoms. The molecule has 42 heavy (non-hydrogen) atoms. The van der Waals surface area contributed by atoms with Crippen molar-refractivity contribution in [2.45, 2.75) is 38.9 Å². The van der Waals surface area contributed by atoms with Gasteiger partial charge >= 0.3 is 6.09 Å². The lowest BCUT2D eigenvalue weighted by atomic mass is 10.0. The summed E-state index contributed by atoms with van der Waals surface area (Å²) in [6.07, 6.45) is 1.32. The van der Waals surface area contributed by atoms with Crippen molar-refractivity contribution in [3.63, 3.8) is 0 Å². The number of piperidine rings is 1. The normalized spacial score (nSPS) is 17.2. The highest BCUT2D eigenvalue weighted by Crippen LogP contribution is 2.38. The molecule has 11 nitrogen and oxygen atoms in total. The molecule has 1 fully saturated rings. The number of likely N-dealkylation sites (tertiary alicyclic amines) is 1. The van der Waals surface area contributed by atoms with Crippen LogP contribution in [0.5, 0.6) is 11.6 Å². The Labute approximate surface area is 242 Å². The van der Waals surface area contributed by atoms with Gasteiger partial charge in [-0.3, -0.25) is 4.72 Å². The zero-order valence-corrected chi connectivity index (χ0v) is 23.9. The van der Waals surface area contributed by atoms with Crippen LogP contribution in [-0.4, -0.2) is 70.5 Å². The molecule has 0 spiro atoms. The van der Waals surface area contributed by atoms with E-state index in [0.717, 1.165) is 10.5 Å². The van der Waals surface area contributed by atoms with Crippen LogP contribution in [0.3, 0.4) is 0 Å². The summed E-state index contributed by atoms with van der Waals surface area (Å²) in [6.45, 7) is 3.79. The Morgan fingerprint density at radius 1 is 1.12 bits per heavy atom. The maximum Gasteiger partial charge on any atom is 0.407 e. The van der Waals surface area contributed by atoms with Crippen molar-refractivity contribution in [3.05, 3.63) is 66.5 Å². The molecule has 3 N–H and O–H groups in total. The smallest absolute Gasteiger partial charge is 0.407 e. The lowest BCUT2D eigenvalue weighted by Gasteiger charge is -2.33. The Kier molecular flexibility index (Phi) is 8.39. The van der Waals surface area contributed by atoms with Crippen molar-refractivity contribution in [1.29, 1.82) is 0 Å². The summed E-state index contributed by atoms with van der Waals surface area (Å²) >= 11 is 0. The Balaban J connectivity index is 1.46. The molecule has 1 aliphatic heterocycles. The first-order valence-corrected chi connectivity index (χ1v) is 15.2. The molecule has 2 atom stereocenters. The van der Waals surface area contributed by atoms with Crippen molar-refractivity contribution in [3.8, 4) is 22.9 Å². The molecule has 2 aromatic carbocycles. The van der Waals surface area contributed by atoms with Crippen molar-refractivity contribution in [2.75, 3.05) is 28.9 Å². The van der Waals surface area contributed by atoms with Crippen LogP contribution in [-0.2, 0) is 10.0 Å². The van der Waals surface area contributed by atoms with Gasteiger partial charge in [0.2, 0.25) is 21.9 Å². The molecular formula is C29H31FN6O5S. The van der Waals surface area contributed by atoms with E-state index >= 15 is 0 Å². The van der Waals surface area contributed by atoms with Gasteiger partial charge in [-0.2, -0.15) is 0 Å². The highest BCUT2D eigenvalue weighted by Gasteiger charge is 2.32. The van der Waals surface area contributed by atoms with Crippen molar-refractivity contribution in [1.82, 2.24) is 19.9 Å². The van der Waals surface area contributed by atoms with Crippen LogP contribution in [0.1, 0.15) is 25.3 Å². The van der Waals surface area contributed by atoms with Crippen molar-refractivity contribution < 1.29 is 27.4 Å². The van der Waals surface area contributed by atoms with Gasteiger partial charge in [-0.25, -0.2) is 32.6 Å². The topological polar surface area (TPSA) is 147 Å². The zero-order chi connectivity index (χ0) is 29.9. The van der Waals surface area contributed by atoms with Crippen molar-refractivity contribution >= 4 is 38.5 Å². The number of halogens is 1. The highest BCUT2D eigenvalue weighted by atomic mass is 32.2. The summed E-state index contributed by atoms with van der Waals surface area (Å²) in [4.78, 5) is 25.8. The predicted molar refractivity (Wildman–Crippen MR) is 158 cm³/mol. The van der Waals surface area contributed by atoms with Crippen molar-refractivity contribution in [2.24, 2.45) is 0 Å². The second-order valence-corrected chi connectivity index (χ2v) is 11.9. The number of hydrogen-bond donors (Lipinski definition) is 3. The second-order valence-electron chi connectivity index (χ2n) is 10.0. The number of anilines is 2. The summed E-state index contributed by atoms with van der Waals surface area (Å²) in [5.41, 5.74) is 2.27. The minimum atomic E-state index is -3.50. The monoisotopic (exact) mass is 594 g/mol. The van der Waals surface area contributed by atoms with E-state index in [4.69, 9.17) is 4.74 Å². The molecule has 1 saturated heterocycles. The molecule has 5 rings (SSSR count). The number of aromatic nitrogens is 3. The molecule has 0 radical (unpaired) electrons. The number of ether oxygens (including phenoxy) is 1. The van der Waals surface area contributed by atoms with Crippen LogP contribution in [0.4, 0.5) is 20.8 Å². The number of nitrogens with one attached hydrogen (secondary N) is 2. The summed E-state index contributed by atoms with van der Waals surface area (Å²) in [7, 11) is -3.50. The summed E-state index contributed by atoms with van der Waals surface area (Å²) < 4.78 is 48.7. The summed E-state index contributed by atoms with van der Waals surface area (Å²) in [6, 6.07) is 13.4. The van der Waals surface area contributed by atoms with E-state index < -0.39 is 28.3 Å². The quantitative estimate of drug-likeness (QED) is 0.230. The first-order chi connectivity index (χ1) is 20.1. The maximum atomic E-state index is 14.6. The number of nitrogens with zero attached hydrogens (tertiary/aromatic N) is 4. The zero-order valence-electron chi connectivity index (χ0n) is 23.1. The number of amides is 1. The van der Waals surface area contributed by atoms with Gasteiger partial charge in [-0.1, -0.05) is 31.2 Å². The van der Waals surface area contributed by atoms with Gasteiger partial charge in [-0.05, 0) is 49.6 Å². The number of carbonyl (C=O) groups is 1. The average Bonchev–Trinajstić information content (AvgIpc) is 2.96. The molecule has 2 unspecified atom stereocenters. The van der Waals surface area contributed by atoms with E-state index in [9.17, 15) is 22.7 Å². The fraction of sp³-hybridized carbons (Fsp3) is 0.310. The molecule has 4 aromatic rings. The van der Waals surface area contributed by atoms with Gasteiger partial charge in [0.05, 0.1) is 28.7 Å². The van der Waals surface area contributed by atoms with Crippen LogP contribution < -0.4 is 14.8 Å². The van der Waals surface area contributed by atoms with Crippen LogP contribution in [0.15, 0.2) is 60.9 Å². The van der Waals surface area contributed by atoms with E-state index in [1.165, 1.54) is 6.20 Å². The predicted octanol–water partition coefficient (Wildman–Crippen LogP) is 5.45. The first-order valence-electron chi connectivity index (χ1n) is 13.5. The number of rotatable bonds is 9. The number of sulfonamides is 1. The van der Waals surface area contributed by atoms with E-state index in [2.05, 4.69) is 25.0 Å². The number of aryl methyl sites for hydroxylation is 1. The molecule has 0 saturated carbocycles. The van der Waals surface area contributed by atoms with Gasteiger partial charge in [0, 0.05) is 36.3 Å². The number of fused-ring (bicyclic) bond motifs is 1. The van der Waals surface area contributed by atoms with Gasteiger partial charge in [0.1, 0.15) is 11.9 Å². The Morgan fingerprint density at radius 3 is 2.74 bits per heavy atom.